The molecule has 0 aliphatic rings. The van der Waals surface area contributed by atoms with E-state index in [1.54, 1.807) is 11.9 Å². The summed E-state index contributed by atoms with van der Waals surface area (Å²) in [6, 6.07) is 2.17. The SMILES string of the molecule is Cc1nnc(CN(C)c2c(F)cc(S(N)(=O)=O)cc2Br)s1. The highest BCUT2D eigenvalue weighted by atomic mass is 79.9. The summed E-state index contributed by atoms with van der Waals surface area (Å²) in [7, 11) is -2.28. The fourth-order valence-corrected chi connectivity index (χ4v) is 3.96. The first kappa shape index (κ1) is 16.3. The summed E-state index contributed by atoms with van der Waals surface area (Å²) in [5.74, 6) is -0.683. The van der Waals surface area contributed by atoms with E-state index in [1.165, 1.54) is 17.4 Å². The first-order valence-electron chi connectivity index (χ1n) is 5.70. The Labute approximate surface area is 134 Å². The Hall–Kier alpha value is -1.10. The van der Waals surface area contributed by atoms with E-state index in [0.29, 0.717) is 11.0 Å². The number of anilines is 1. The Kier molecular flexibility index (Phi) is 4.61. The number of aromatic nitrogens is 2. The van der Waals surface area contributed by atoms with Gasteiger partial charge in [0.15, 0.2) is 0 Å². The molecule has 0 unspecified atom stereocenters. The van der Waals surface area contributed by atoms with Gasteiger partial charge < -0.3 is 4.90 Å². The van der Waals surface area contributed by atoms with Gasteiger partial charge in [-0.3, -0.25) is 0 Å². The van der Waals surface area contributed by atoms with Crippen LogP contribution in [0.1, 0.15) is 10.0 Å². The van der Waals surface area contributed by atoms with Crippen LogP contribution in [-0.4, -0.2) is 25.7 Å². The average Bonchev–Trinajstić information content (AvgIpc) is 2.72. The number of halogens is 2. The normalized spacial score (nSPS) is 11.7. The molecule has 0 saturated carbocycles. The summed E-state index contributed by atoms with van der Waals surface area (Å²) in [6.45, 7) is 2.19. The highest BCUT2D eigenvalue weighted by Gasteiger charge is 2.19. The van der Waals surface area contributed by atoms with Crippen LogP contribution in [0.15, 0.2) is 21.5 Å². The third-order valence-electron chi connectivity index (χ3n) is 2.64. The van der Waals surface area contributed by atoms with Gasteiger partial charge in [-0.2, -0.15) is 0 Å². The van der Waals surface area contributed by atoms with E-state index in [-0.39, 0.29) is 10.6 Å². The van der Waals surface area contributed by atoms with Crippen LogP contribution in [0.5, 0.6) is 0 Å². The quantitative estimate of drug-likeness (QED) is 0.856. The maximum absolute atomic E-state index is 14.2. The van der Waals surface area contributed by atoms with Gasteiger partial charge in [0.2, 0.25) is 10.0 Å². The second-order valence-corrected chi connectivity index (χ2v) is 8.03. The van der Waals surface area contributed by atoms with Gasteiger partial charge in [0.25, 0.3) is 0 Å². The third-order valence-corrected chi connectivity index (χ3v) is 4.96. The number of hydrogen-bond donors (Lipinski definition) is 1. The Morgan fingerprint density at radius 2 is 2.10 bits per heavy atom. The van der Waals surface area contributed by atoms with Gasteiger partial charge in [0, 0.05) is 11.5 Å². The molecule has 2 rings (SSSR count). The lowest BCUT2D eigenvalue weighted by atomic mass is 10.3. The lowest BCUT2D eigenvalue weighted by Gasteiger charge is -2.20. The monoisotopic (exact) mass is 394 g/mol. The lowest BCUT2D eigenvalue weighted by Crippen LogP contribution is -2.19. The molecule has 0 atom stereocenters. The van der Waals surface area contributed by atoms with Crippen LogP contribution in [0.25, 0.3) is 0 Å². The van der Waals surface area contributed by atoms with Crippen LogP contribution >= 0.6 is 27.3 Å². The Morgan fingerprint density at radius 3 is 2.57 bits per heavy atom. The van der Waals surface area contributed by atoms with Gasteiger partial charge >= 0.3 is 0 Å². The van der Waals surface area contributed by atoms with Gasteiger partial charge in [0.1, 0.15) is 15.8 Å². The van der Waals surface area contributed by atoms with Crippen molar-refractivity contribution in [3.05, 3.63) is 32.4 Å². The van der Waals surface area contributed by atoms with Gasteiger partial charge in [-0.15, -0.1) is 10.2 Å². The molecule has 21 heavy (non-hydrogen) atoms. The fourth-order valence-electron chi connectivity index (χ4n) is 1.75. The van der Waals surface area contributed by atoms with E-state index in [0.717, 1.165) is 16.1 Å². The van der Waals surface area contributed by atoms with Crippen LogP contribution in [-0.2, 0) is 16.6 Å². The number of primary sulfonamides is 1. The summed E-state index contributed by atoms with van der Waals surface area (Å²) in [6.07, 6.45) is 0. The predicted molar refractivity (Wildman–Crippen MR) is 82.2 cm³/mol. The summed E-state index contributed by atoms with van der Waals surface area (Å²) >= 11 is 4.59. The maximum atomic E-state index is 14.2. The van der Waals surface area contributed by atoms with Crippen LogP contribution in [0.4, 0.5) is 10.1 Å². The molecule has 0 amide bonds. The Bertz CT molecular complexity index is 755. The highest BCUT2D eigenvalue weighted by molar-refractivity contribution is 9.10. The molecule has 0 bridgehead atoms. The zero-order valence-electron chi connectivity index (χ0n) is 11.2. The molecule has 1 aromatic heterocycles. The highest BCUT2D eigenvalue weighted by Crippen LogP contribution is 2.32. The molecule has 1 heterocycles. The minimum atomic E-state index is -3.95. The maximum Gasteiger partial charge on any atom is 0.238 e. The number of hydrogen-bond acceptors (Lipinski definition) is 6. The van der Waals surface area contributed by atoms with Crippen molar-refractivity contribution in [3.63, 3.8) is 0 Å². The minimum Gasteiger partial charge on any atom is -0.364 e. The lowest BCUT2D eigenvalue weighted by molar-refractivity contribution is 0.591. The summed E-state index contributed by atoms with van der Waals surface area (Å²) in [4.78, 5) is 1.34. The van der Waals surface area contributed by atoms with Crippen molar-refractivity contribution in [2.24, 2.45) is 5.14 Å². The number of sulfonamides is 1. The smallest absolute Gasteiger partial charge is 0.238 e. The first-order chi connectivity index (χ1) is 9.68. The summed E-state index contributed by atoms with van der Waals surface area (Å²) in [5, 5.41) is 14.4. The third kappa shape index (κ3) is 3.76. The largest absolute Gasteiger partial charge is 0.364 e. The standard InChI is InChI=1S/C11H12BrFN4O2S2/c1-6-15-16-10(20-6)5-17(2)11-8(12)3-7(4-9(11)13)21(14,18)19/h3-4H,5H2,1-2H3,(H2,14,18,19). The molecular formula is C11H12BrFN4O2S2. The van der Waals surface area contributed by atoms with Crippen molar-refractivity contribution in [3.8, 4) is 0 Å². The number of aryl methyl sites for hydroxylation is 1. The molecule has 2 N–H and O–H groups in total. The average molecular weight is 395 g/mol. The van der Waals surface area contributed by atoms with Crippen molar-refractivity contribution in [1.82, 2.24) is 10.2 Å². The molecule has 6 nitrogen and oxygen atoms in total. The summed E-state index contributed by atoms with van der Waals surface area (Å²) in [5.41, 5.74) is 0.232. The van der Waals surface area contributed by atoms with Crippen molar-refractivity contribution in [2.75, 3.05) is 11.9 Å². The number of rotatable bonds is 4. The van der Waals surface area contributed by atoms with E-state index in [1.807, 2.05) is 6.92 Å². The van der Waals surface area contributed by atoms with E-state index in [9.17, 15) is 12.8 Å². The van der Waals surface area contributed by atoms with E-state index in [4.69, 9.17) is 5.14 Å². The molecular weight excluding hydrogens is 383 g/mol. The van der Waals surface area contributed by atoms with E-state index in [2.05, 4.69) is 26.1 Å². The zero-order chi connectivity index (χ0) is 15.8. The topological polar surface area (TPSA) is 89.2 Å². The number of nitrogens with two attached hydrogens (primary N) is 1. The zero-order valence-corrected chi connectivity index (χ0v) is 14.4. The molecule has 0 spiro atoms. The first-order valence-corrected chi connectivity index (χ1v) is 8.86. The Balaban J connectivity index is 2.35. The van der Waals surface area contributed by atoms with Crippen molar-refractivity contribution < 1.29 is 12.8 Å². The van der Waals surface area contributed by atoms with Crippen LogP contribution in [0.3, 0.4) is 0 Å². The second kappa shape index (κ2) is 5.95. The fraction of sp³-hybridized carbons (Fsp3) is 0.273. The number of benzene rings is 1. The predicted octanol–water partition coefficient (Wildman–Crippen LogP) is 2.03. The molecule has 0 aliphatic carbocycles. The minimum absolute atomic E-state index is 0.232. The molecule has 1 aromatic carbocycles. The molecule has 2 aromatic rings. The van der Waals surface area contributed by atoms with E-state index < -0.39 is 15.8 Å². The second-order valence-electron chi connectivity index (χ2n) is 4.35. The van der Waals surface area contributed by atoms with Crippen LogP contribution in [0.2, 0.25) is 0 Å². The molecule has 10 heteroatoms. The molecule has 114 valence electrons. The van der Waals surface area contributed by atoms with Gasteiger partial charge in [-0.05, 0) is 35.0 Å². The van der Waals surface area contributed by atoms with Crippen molar-refractivity contribution in [2.45, 2.75) is 18.4 Å². The Morgan fingerprint density at radius 1 is 1.43 bits per heavy atom. The van der Waals surface area contributed by atoms with E-state index >= 15 is 0 Å². The molecule has 0 saturated heterocycles. The van der Waals surface area contributed by atoms with Crippen molar-refractivity contribution in [1.29, 1.82) is 0 Å². The molecule has 0 aliphatic heterocycles. The van der Waals surface area contributed by atoms with Crippen molar-refractivity contribution >= 4 is 43.0 Å². The molecule has 0 radical (unpaired) electrons. The molecule has 0 fully saturated rings. The van der Waals surface area contributed by atoms with Gasteiger partial charge in [0.05, 0.1) is 17.1 Å². The van der Waals surface area contributed by atoms with Crippen LogP contribution < -0.4 is 10.0 Å². The number of nitrogens with zero attached hydrogens (tertiary/aromatic N) is 3. The van der Waals surface area contributed by atoms with Gasteiger partial charge in [-0.25, -0.2) is 17.9 Å². The van der Waals surface area contributed by atoms with Crippen LogP contribution in [0, 0.1) is 12.7 Å². The van der Waals surface area contributed by atoms with Gasteiger partial charge in [-0.1, -0.05) is 11.3 Å². The summed E-state index contributed by atoms with van der Waals surface area (Å²) < 4.78 is 37.0.